The summed E-state index contributed by atoms with van der Waals surface area (Å²) in [7, 11) is 2.15. The molecular formula is C131H131N. The predicted molar refractivity (Wildman–Crippen MR) is 567 cm³/mol. The van der Waals surface area contributed by atoms with Crippen molar-refractivity contribution in [1.82, 2.24) is 0 Å². The van der Waals surface area contributed by atoms with Crippen molar-refractivity contribution in [2.75, 3.05) is 11.9 Å². The summed E-state index contributed by atoms with van der Waals surface area (Å²) in [4.78, 5) is 2.29. The number of nitrogens with zero attached hydrogens (tertiary/aromatic N) is 1. The minimum absolute atomic E-state index is 0.000245. The summed E-state index contributed by atoms with van der Waals surface area (Å²) < 4.78 is 0. The first kappa shape index (κ1) is 90.9. The summed E-state index contributed by atoms with van der Waals surface area (Å²) >= 11 is 0. The third kappa shape index (κ3) is 18.7. The number of fused-ring (bicyclic) bond motifs is 17. The molecule has 16 aromatic rings. The second-order valence-electron chi connectivity index (χ2n) is 43.0. The summed E-state index contributed by atoms with van der Waals surface area (Å²) in [5.74, 6) is 14.1. The van der Waals surface area contributed by atoms with Gasteiger partial charge in [0.05, 0.1) is 0 Å². The van der Waals surface area contributed by atoms with E-state index in [1.807, 2.05) is 60.7 Å². The number of benzene rings is 16. The third-order valence-electron chi connectivity index (χ3n) is 29.6. The summed E-state index contributed by atoms with van der Waals surface area (Å²) in [6, 6.07) is 130. The summed E-state index contributed by atoms with van der Waals surface area (Å²) in [5, 5.41) is 5.39. The van der Waals surface area contributed by atoms with Crippen molar-refractivity contribution in [3.8, 4) is 90.4 Å². The van der Waals surface area contributed by atoms with Gasteiger partial charge in [0.15, 0.2) is 0 Å². The van der Waals surface area contributed by atoms with Crippen molar-refractivity contribution < 1.29 is 0 Å². The molecule has 660 valence electrons. The fourth-order valence-corrected chi connectivity index (χ4v) is 23.3. The molecule has 0 atom stereocenters. The molecular weight excluding hydrogens is 1590 g/mol. The number of hydrogen-bond donors (Lipinski definition) is 0. The van der Waals surface area contributed by atoms with Crippen LogP contribution in [0.5, 0.6) is 0 Å². The lowest BCUT2D eigenvalue weighted by atomic mass is 9.62. The van der Waals surface area contributed by atoms with Gasteiger partial charge in [0.25, 0.3) is 0 Å². The Morgan fingerprint density at radius 3 is 1.02 bits per heavy atom. The maximum atomic E-state index is 3.33. The van der Waals surface area contributed by atoms with Crippen molar-refractivity contribution in [2.24, 2.45) is 22.2 Å². The van der Waals surface area contributed by atoms with Gasteiger partial charge >= 0.3 is 0 Å². The zero-order valence-corrected chi connectivity index (χ0v) is 81.3. The predicted octanol–water partition coefficient (Wildman–Crippen LogP) is 35.3. The van der Waals surface area contributed by atoms with Crippen molar-refractivity contribution >= 4 is 32.9 Å². The zero-order chi connectivity index (χ0) is 92.5. The molecule has 132 heavy (non-hydrogen) atoms. The van der Waals surface area contributed by atoms with Crippen LogP contribution in [-0.4, -0.2) is 7.05 Å². The maximum absolute atomic E-state index is 3.33. The average Bonchev–Trinajstić information content (AvgIpc) is 1.59. The highest BCUT2D eigenvalue weighted by Crippen LogP contribution is 2.56. The number of hydrogen-bond acceptors (Lipinski definition) is 1. The van der Waals surface area contributed by atoms with Crippen LogP contribution in [0, 0.1) is 45.8 Å². The third-order valence-corrected chi connectivity index (χ3v) is 29.6. The molecule has 6 aliphatic carbocycles. The van der Waals surface area contributed by atoms with Crippen LogP contribution in [0.1, 0.15) is 247 Å². The zero-order valence-electron chi connectivity index (χ0n) is 81.3. The first-order chi connectivity index (χ1) is 63.3. The van der Waals surface area contributed by atoms with Gasteiger partial charge in [-0.2, -0.15) is 0 Å². The standard InChI is InChI=1S/C31H22.C27H22.2C19H16.C16H17N.C11H22.C8H16/c1-31(2)29-21-25(15-13-23-9-5-3-6-10-23)17-19-27(29)28-20-18-26(22-30(28)31)16-14-24-11-7-4-8-12-24;1-27(2)25-17-21(19-9-5-3-6-10-19)13-15-23(25)24-16-14-22(18-26(24)27)20-11-7-4-8-12-20;1-19(2)17-10-6-5-9-15(17)16-11-13-7-3-4-8-14(13)12-18(16)19;1-19(2)17-10-6-5-9-15(17)16-12-11-13-7-3-4-8-14(13)18(16)19;1-16(2)12-8-4-6-10-14(12)17(3)15-11-7-5-9-13(15)16;1-9-6-10(2,3)8-11(4,5)7-9;1-8(2)6-4-3-5-7-8/h3-12,17-22H,1-2H3;3-18H,1-2H3;2*3-12H,1-2H3;4-11H,1-3H3;9H,6-8H2,1-5H3;3-7H2,1-2H3. The van der Waals surface area contributed by atoms with Gasteiger partial charge < -0.3 is 4.90 Å². The Morgan fingerprint density at radius 1 is 0.235 bits per heavy atom. The summed E-state index contributed by atoms with van der Waals surface area (Å²) in [6.45, 7) is 40.0. The van der Waals surface area contributed by atoms with E-state index in [0.29, 0.717) is 16.2 Å². The Bertz CT molecular complexity index is 6750. The van der Waals surface area contributed by atoms with Crippen molar-refractivity contribution in [3.05, 3.63) is 442 Å². The molecule has 1 heterocycles. The molecule has 0 saturated heterocycles. The quantitative estimate of drug-likeness (QED) is 0.156. The Morgan fingerprint density at radius 2 is 0.568 bits per heavy atom. The van der Waals surface area contributed by atoms with Gasteiger partial charge in [-0.25, -0.2) is 0 Å². The highest BCUT2D eigenvalue weighted by atomic mass is 15.1. The van der Waals surface area contributed by atoms with E-state index < -0.39 is 0 Å². The first-order valence-electron chi connectivity index (χ1n) is 48.3. The normalized spacial score (nSPS) is 16.5. The molecule has 0 radical (unpaired) electrons. The minimum Gasteiger partial charge on any atom is -0.344 e. The van der Waals surface area contributed by atoms with Gasteiger partial charge in [0.1, 0.15) is 0 Å². The molecule has 0 aromatic heterocycles. The van der Waals surface area contributed by atoms with E-state index in [1.54, 1.807) is 0 Å². The molecule has 1 heteroatoms. The van der Waals surface area contributed by atoms with Crippen molar-refractivity contribution in [1.29, 1.82) is 0 Å². The van der Waals surface area contributed by atoms with Gasteiger partial charge in [0.2, 0.25) is 0 Å². The van der Waals surface area contributed by atoms with E-state index in [2.05, 4.69) is 457 Å². The number of para-hydroxylation sites is 2. The Labute approximate surface area is 790 Å². The highest BCUT2D eigenvalue weighted by Gasteiger charge is 2.42. The largest absolute Gasteiger partial charge is 0.344 e. The van der Waals surface area contributed by atoms with E-state index in [1.165, 1.54) is 207 Å². The van der Waals surface area contributed by atoms with Gasteiger partial charge in [0, 0.05) is 67.8 Å². The summed E-state index contributed by atoms with van der Waals surface area (Å²) in [6.07, 6.45) is 11.5. The Balaban J connectivity index is 0.000000111. The van der Waals surface area contributed by atoms with Gasteiger partial charge in [-0.3, -0.25) is 0 Å². The van der Waals surface area contributed by atoms with E-state index in [4.69, 9.17) is 0 Å². The van der Waals surface area contributed by atoms with E-state index >= 15 is 0 Å². The summed E-state index contributed by atoms with van der Waals surface area (Å²) in [5.41, 5.74) is 39.0. The molecule has 16 aromatic carbocycles. The van der Waals surface area contributed by atoms with Crippen LogP contribution in [0.25, 0.3) is 88.3 Å². The van der Waals surface area contributed by atoms with E-state index in [9.17, 15) is 0 Å². The molecule has 0 amide bonds. The topological polar surface area (TPSA) is 3.24 Å². The highest BCUT2D eigenvalue weighted by molar-refractivity contribution is 5.98. The maximum Gasteiger partial charge on any atom is 0.0449 e. The lowest BCUT2D eigenvalue weighted by molar-refractivity contribution is 0.0754. The lowest BCUT2D eigenvalue weighted by Crippen LogP contribution is -2.32. The fourth-order valence-electron chi connectivity index (χ4n) is 23.3. The molecule has 2 fully saturated rings. The van der Waals surface area contributed by atoms with Crippen LogP contribution in [-0.2, 0) is 27.1 Å². The smallest absolute Gasteiger partial charge is 0.0449 e. The van der Waals surface area contributed by atoms with Crippen molar-refractivity contribution in [3.63, 3.8) is 0 Å². The second kappa shape index (κ2) is 37.0. The van der Waals surface area contributed by atoms with Crippen molar-refractivity contribution in [2.45, 2.75) is 196 Å². The molecule has 23 rings (SSSR count). The van der Waals surface area contributed by atoms with Gasteiger partial charge in [-0.05, 0) is 283 Å². The number of rotatable bonds is 2. The molecule has 1 nitrogen and oxygen atoms in total. The fraction of sp³-hybridized carbons (Fsp3) is 0.267. The van der Waals surface area contributed by atoms with Gasteiger partial charge in [-0.15, -0.1) is 0 Å². The molecule has 0 bridgehead atoms. The van der Waals surface area contributed by atoms with E-state index in [-0.39, 0.29) is 27.1 Å². The monoisotopic (exact) mass is 1720 g/mol. The first-order valence-corrected chi connectivity index (χ1v) is 48.3. The van der Waals surface area contributed by atoms with Crippen LogP contribution in [0.3, 0.4) is 0 Å². The van der Waals surface area contributed by atoms with Crippen LogP contribution in [0.4, 0.5) is 11.4 Å². The average molecular weight is 1720 g/mol. The Hall–Kier alpha value is -13.0. The molecule has 2 saturated carbocycles. The molecule has 0 spiro atoms. The van der Waals surface area contributed by atoms with Crippen LogP contribution in [0.2, 0.25) is 0 Å². The van der Waals surface area contributed by atoms with Crippen LogP contribution < -0.4 is 4.90 Å². The Kier molecular flexibility index (Phi) is 25.4. The molecule has 0 N–H and O–H groups in total. The molecule has 1 aliphatic heterocycles. The van der Waals surface area contributed by atoms with E-state index in [0.717, 1.165) is 28.2 Å². The molecule has 0 unspecified atom stereocenters. The molecule has 7 aliphatic rings. The van der Waals surface area contributed by atoms with Crippen LogP contribution in [0.15, 0.2) is 364 Å². The SMILES string of the molecule is CC1(C)CCCCC1.CC1(C)c2cc(-c3ccccc3)ccc2-c2ccc(-c3ccccc3)cc21.CC1(C)c2cc(C#Cc3ccccc3)ccc2-c2ccc(C#Cc3ccccc3)cc21.CC1(C)c2ccccc2-c2cc3ccccc3cc21.CC1(C)c2ccccc2-c2ccc3ccccc3c21.CC1CC(C)(C)CC(C)(C)C1.CN1c2ccccc2C(C)(C)c2ccccc21. The van der Waals surface area contributed by atoms with Gasteiger partial charge in [-0.1, -0.05) is 440 Å². The lowest BCUT2D eigenvalue weighted by Gasteiger charge is -2.44. The second-order valence-corrected chi connectivity index (χ2v) is 43.0. The van der Waals surface area contributed by atoms with Crippen LogP contribution >= 0.6 is 0 Å². The minimum atomic E-state index is -0.0838. The number of anilines is 2.